The van der Waals surface area contributed by atoms with Gasteiger partial charge in [-0.3, -0.25) is 0 Å². The second-order valence-electron chi connectivity index (χ2n) is 8.24. The Bertz CT molecular complexity index is 1210. The highest BCUT2D eigenvalue weighted by atomic mass is 16.5. The summed E-state index contributed by atoms with van der Waals surface area (Å²) in [6.07, 6.45) is 2.62. The maximum atomic E-state index is 12.4. The Balaban J connectivity index is 1.29. The van der Waals surface area contributed by atoms with E-state index in [2.05, 4.69) is 52.2 Å². The molecule has 0 aliphatic heterocycles. The zero-order valence-corrected chi connectivity index (χ0v) is 18.0. The lowest BCUT2D eigenvalue weighted by atomic mass is 10.0. The molecule has 3 aromatic carbocycles. The third-order valence-electron chi connectivity index (χ3n) is 5.84. The average molecular weight is 424 g/mol. The van der Waals surface area contributed by atoms with Crippen molar-refractivity contribution < 1.29 is 9.32 Å². The zero-order valence-electron chi connectivity index (χ0n) is 18.0. The zero-order chi connectivity index (χ0) is 21.9. The lowest BCUT2D eigenvalue weighted by Crippen LogP contribution is -2.28. The van der Waals surface area contributed by atoms with E-state index in [1.54, 1.807) is 0 Å². The van der Waals surface area contributed by atoms with E-state index in [1.807, 2.05) is 49.4 Å². The minimum atomic E-state index is -0.297. The highest BCUT2D eigenvalue weighted by molar-refractivity contribution is 5.94. The van der Waals surface area contributed by atoms with Gasteiger partial charge in [-0.05, 0) is 47.9 Å². The molecular weight excluding hydrogens is 398 g/mol. The fourth-order valence-electron chi connectivity index (χ4n) is 3.83. The summed E-state index contributed by atoms with van der Waals surface area (Å²) in [5, 5.41) is 9.82. The summed E-state index contributed by atoms with van der Waals surface area (Å²) in [5.41, 5.74) is 6.87. The van der Waals surface area contributed by atoms with Crippen LogP contribution in [0.25, 0.3) is 22.5 Å². The molecule has 5 rings (SSSR count). The largest absolute Gasteiger partial charge is 0.354 e. The van der Waals surface area contributed by atoms with Gasteiger partial charge >= 0.3 is 6.03 Å². The van der Waals surface area contributed by atoms with Crippen molar-refractivity contribution in [3.8, 4) is 22.5 Å². The number of anilines is 1. The van der Waals surface area contributed by atoms with Crippen molar-refractivity contribution in [1.29, 1.82) is 0 Å². The number of carbonyl (C=O) groups is 1. The Morgan fingerprint density at radius 3 is 2.19 bits per heavy atom. The molecule has 160 valence electrons. The van der Waals surface area contributed by atoms with Crippen LogP contribution < -0.4 is 10.6 Å². The number of nitrogens with one attached hydrogen (secondary N) is 2. The molecule has 1 aliphatic carbocycles. The normalized spacial score (nSPS) is 13.0. The Kier molecular flexibility index (Phi) is 5.46. The molecule has 1 saturated carbocycles. The first-order valence-electron chi connectivity index (χ1n) is 10.9. The molecule has 4 aromatic rings. The van der Waals surface area contributed by atoms with Crippen molar-refractivity contribution in [2.75, 3.05) is 5.32 Å². The standard InChI is InChI=1S/C27H25N3O2/c1-18-25(29-27(31)28-17-19-5-3-2-4-6-19)26(32-30-18)24-15-13-23(14-16-24)22-11-9-21(10-12-22)20-7-8-20/h2-6,9-16,20H,7-8,17H2,1H3,(H2,28,29,31). The minimum absolute atomic E-state index is 0.297. The summed E-state index contributed by atoms with van der Waals surface area (Å²) in [5.74, 6) is 1.31. The Morgan fingerprint density at radius 1 is 0.906 bits per heavy atom. The molecule has 1 aliphatic rings. The van der Waals surface area contributed by atoms with Gasteiger partial charge in [-0.15, -0.1) is 0 Å². The smallest absolute Gasteiger partial charge is 0.319 e. The van der Waals surface area contributed by atoms with Crippen molar-refractivity contribution >= 4 is 11.7 Å². The van der Waals surface area contributed by atoms with E-state index in [-0.39, 0.29) is 6.03 Å². The van der Waals surface area contributed by atoms with Gasteiger partial charge in [0.15, 0.2) is 5.76 Å². The van der Waals surface area contributed by atoms with E-state index in [1.165, 1.54) is 24.0 Å². The summed E-state index contributed by atoms with van der Waals surface area (Å²) in [6, 6.07) is 26.5. The molecule has 5 heteroatoms. The van der Waals surface area contributed by atoms with E-state index in [0.717, 1.165) is 22.6 Å². The monoisotopic (exact) mass is 423 g/mol. The van der Waals surface area contributed by atoms with Crippen LogP contribution in [0, 0.1) is 6.92 Å². The SMILES string of the molecule is Cc1noc(-c2ccc(-c3ccc(C4CC4)cc3)cc2)c1NC(=O)NCc1ccccc1. The lowest BCUT2D eigenvalue weighted by molar-refractivity contribution is 0.251. The molecule has 0 saturated heterocycles. The van der Waals surface area contributed by atoms with Crippen molar-refractivity contribution in [2.45, 2.75) is 32.2 Å². The maximum Gasteiger partial charge on any atom is 0.319 e. The van der Waals surface area contributed by atoms with Crippen LogP contribution in [0.4, 0.5) is 10.5 Å². The molecule has 32 heavy (non-hydrogen) atoms. The number of aryl methyl sites for hydroxylation is 1. The van der Waals surface area contributed by atoms with Gasteiger partial charge in [0.2, 0.25) is 0 Å². The molecule has 0 unspecified atom stereocenters. The first-order valence-corrected chi connectivity index (χ1v) is 10.9. The van der Waals surface area contributed by atoms with E-state index in [0.29, 0.717) is 23.7 Å². The van der Waals surface area contributed by atoms with Crippen LogP contribution in [0.2, 0.25) is 0 Å². The van der Waals surface area contributed by atoms with Gasteiger partial charge in [-0.2, -0.15) is 0 Å². The van der Waals surface area contributed by atoms with Gasteiger partial charge in [-0.25, -0.2) is 4.79 Å². The van der Waals surface area contributed by atoms with E-state index >= 15 is 0 Å². The number of amides is 2. The second kappa shape index (κ2) is 8.71. The molecule has 1 aromatic heterocycles. The van der Waals surface area contributed by atoms with Crippen LogP contribution >= 0.6 is 0 Å². The number of carbonyl (C=O) groups excluding carboxylic acids is 1. The molecule has 0 spiro atoms. The Labute approximate surface area is 187 Å². The van der Waals surface area contributed by atoms with Crippen molar-refractivity contribution in [3.63, 3.8) is 0 Å². The number of hydrogen-bond acceptors (Lipinski definition) is 3. The number of hydrogen-bond donors (Lipinski definition) is 2. The fourth-order valence-corrected chi connectivity index (χ4v) is 3.83. The number of rotatable bonds is 6. The van der Waals surface area contributed by atoms with Gasteiger partial charge in [0.05, 0.1) is 0 Å². The van der Waals surface area contributed by atoms with Crippen molar-refractivity contribution in [1.82, 2.24) is 10.5 Å². The molecule has 5 nitrogen and oxygen atoms in total. The molecule has 0 radical (unpaired) electrons. The number of nitrogens with zero attached hydrogens (tertiary/aromatic N) is 1. The first-order chi connectivity index (χ1) is 15.7. The highest BCUT2D eigenvalue weighted by Gasteiger charge is 2.23. The summed E-state index contributed by atoms with van der Waals surface area (Å²) >= 11 is 0. The maximum absolute atomic E-state index is 12.4. The predicted octanol–water partition coefficient (Wildman–Crippen LogP) is 6.52. The van der Waals surface area contributed by atoms with Gasteiger partial charge < -0.3 is 15.2 Å². The number of benzene rings is 3. The molecule has 1 heterocycles. The molecule has 2 N–H and O–H groups in total. The number of urea groups is 1. The van der Waals surface area contributed by atoms with E-state index in [4.69, 9.17) is 4.52 Å². The third-order valence-corrected chi connectivity index (χ3v) is 5.84. The van der Waals surface area contributed by atoms with E-state index in [9.17, 15) is 4.79 Å². The molecule has 0 bridgehead atoms. The lowest BCUT2D eigenvalue weighted by Gasteiger charge is -2.09. The van der Waals surface area contributed by atoms with Crippen molar-refractivity contribution in [3.05, 3.63) is 95.7 Å². The average Bonchev–Trinajstić information content (AvgIpc) is 3.63. The van der Waals surface area contributed by atoms with Crippen LogP contribution in [0.3, 0.4) is 0 Å². The van der Waals surface area contributed by atoms with Crippen LogP contribution in [-0.4, -0.2) is 11.2 Å². The highest BCUT2D eigenvalue weighted by Crippen LogP contribution is 2.40. The van der Waals surface area contributed by atoms with Crippen LogP contribution in [0.15, 0.2) is 83.4 Å². The molecule has 2 amide bonds. The molecule has 1 fully saturated rings. The van der Waals surface area contributed by atoms with Crippen LogP contribution in [-0.2, 0) is 6.54 Å². The third kappa shape index (κ3) is 4.42. The molecule has 0 atom stereocenters. The fraction of sp³-hybridized carbons (Fsp3) is 0.185. The van der Waals surface area contributed by atoms with Crippen molar-refractivity contribution in [2.24, 2.45) is 0 Å². The van der Waals surface area contributed by atoms with E-state index < -0.39 is 0 Å². The summed E-state index contributed by atoms with van der Waals surface area (Å²) in [6.45, 7) is 2.26. The molecular formula is C27H25N3O2. The summed E-state index contributed by atoms with van der Waals surface area (Å²) in [7, 11) is 0. The van der Waals surface area contributed by atoms with Gasteiger partial charge in [-0.1, -0.05) is 84.0 Å². The van der Waals surface area contributed by atoms with Gasteiger partial charge in [0.25, 0.3) is 0 Å². The number of aromatic nitrogens is 1. The summed E-state index contributed by atoms with van der Waals surface area (Å²) in [4.78, 5) is 12.4. The van der Waals surface area contributed by atoms with Gasteiger partial charge in [0, 0.05) is 12.1 Å². The van der Waals surface area contributed by atoms with Crippen LogP contribution in [0.1, 0.15) is 35.6 Å². The predicted molar refractivity (Wildman–Crippen MR) is 126 cm³/mol. The Morgan fingerprint density at radius 2 is 1.53 bits per heavy atom. The first kappa shape index (κ1) is 20.1. The second-order valence-corrected chi connectivity index (χ2v) is 8.24. The Hall–Kier alpha value is -3.86. The minimum Gasteiger partial charge on any atom is -0.354 e. The quantitative estimate of drug-likeness (QED) is 0.371. The summed E-state index contributed by atoms with van der Waals surface area (Å²) < 4.78 is 5.55. The van der Waals surface area contributed by atoms with Crippen LogP contribution in [0.5, 0.6) is 0 Å². The topological polar surface area (TPSA) is 67.2 Å². The van der Waals surface area contributed by atoms with Gasteiger partial charge in [0.1, 0.15) is 11.4 Å².